The second-order valence-electron chi connectivity index (χ2n) is 4.71. The molecule has 0 amide bonds. The highest BCUT2D eigenvalue weighted by Crippen LogP contribution is 2.17. The Hall–Kier alpha value is -0.260. The van der Waals surface area contributed by atoms with Crippen LogP contribution in [-0.4, -0.2) is 47.4 Å². The van der Waals surface area contributed by atoms with Gasteiger partial charge in [0.15, 0.2) is 0 Å². The fraction of sp³-hybridized carbons (Fsp3) is 0.917. The van der Waals surface area contributed by atoms with E-state index >= 15 is 0 Å². The lowest BCUT2D eigenvalue weighted by Crippen LogP contribution is -2.41. The van der Waals surface area contributed by atoms with Crippen LogP contribution in [0.1, 0.15) is 33.1 Å². The minimum absolute atomic E-state index is 0.208. The molecule has 1 aliphatic rings. The molecule has 1 saturated heterocycles. The van der Waals surface area contributed by atoms with Crippen LogP contribution < -0.4 is 5.32 Å². The summed E-state index contributed by atoms with van der Waals surface area (Å²) in [6.07, 6.45) is 3.38. The third kappa shape index (κ3) is 6.29. The van der Waals surface area contributed by atoms with Crippen molar-refractivity contribution < 1.29 is 14.6 Å². The molecule has 2 N–H and O–H groups in total. The van der Waals surface area contributed by atoms with Gasteiger partial charge in [-0.05, 0) is 25.0 Å². The third-order valence-electron chi connectivity index (χ3n) is 2.71. The summed E-state index contributed by atoms with van der Waals surface area (Å²) in [4.78, 5) is 11.0. The zero-order valence-corrected chi connectivity index (χ0v) is 11.5. The van der Waals surface area contributed by atoms with Gasteiger partial charge in [-0.1, -0.05) is 13.8 Å². The van der Waals surface area contributed by atoms with Gasteiger partial charge in [-0.3, -0.25) is 4.79 Å². The van der Waals surface area contributed by atoms with E-state index in [1.54, 1.807) is 11.8 Å². The SMILES string of the molecule is CC(C)NC(CCSCC1CCCO1)C(=O)O. The molecule has 2 unspecified atom stereocenters. The van der Waals surface area contributed by atoms with E-state index in [9.17, 15) is 4.79 Å². The van der Waals surface area contributed by atoms with Gasteiger partial charge in [-0.25, -0.2) is 0 Å². The Balaban J connectivity index is 2.11. The first-order chi connectivity index (χ1) is 8.09. The highest BCUT2D eigenvalue weighted by atomic mass is 32.2. The summed E-state index contributed by atoms with van der Waals surface area (Å²) < 4.78 is 5.52. The van der Waals surface area contributed by atoms with Gasteiger partial charge in [0.1, 0.15) is 6.04 Å². The number of aliphatic carboxylic acids is 1. The molecule has 0 radical (unpaired) electrons. The zero-order valence-electron chi connectivity index (χ0n) is 10.6. The largest absolute Gasteiger partial charge is 0.480 e. The van der Waals surface area contributed by atoms with Crippen molar-refractivity contribution in [1.29, 1.82) is 0 Å². The number of hydrogen-bond acceptors (Lipinski definition) is 4. The van der Waals surface area contributed by atoms with Gasteiger partial charge >= 0.3 is 5.97 Å². The Labute approximate surface area is 107 Å². The predicted octanol–water partition coefficient (Wildman–Crippen LogP) is 1.74. The Kier molecular flexibility index (Phi) is 6.92. The van der Waals surface area contributed by atoms with E-state index in [1.165, 1.54) is 0 Å². The fourth-order valence-corrected chi connectivity index (χ4v) is 2.97. The number of carbonyl (C=O) groups is 1. The Morgan fingerprint density at radius 3 is 2.88 bits per heavy atom. The van der Waals surface area contributed by atoms with Gasteiger partial charge in [-0.15, -0.1) is 0 Å². The van der Waals surface area contributed by atoms with E-state index < -0.39 is 12.0 Å². The van der Waals surface area contributed by atoms with Gasteiger partial charge < -0.3 is 15.2 Å². The highest BCUT2D eigenvalue weighted by molar-refractivity contribution is 7.99. The van der Waals surface area contributed by atoms with E-state index in [0.29, 0.717) is 12.5 Å². The number of hydrogen-bond donors (Lipinski definition) is 2. The lowest BCUT2D eigenvalue weighted by Gasteiger charge is -2.17. The summed E-state index contributed by atoms with van der Waals surface area (Å²) in [6.45, 7) is 4.82. The maximum Gasteiger partial charge on any atom is 0.320 e. The summed E-state index contributed by atoms with van der Waals surface area (Å²) in [6, 6.07) is -0.216. The van der Waals surface area contributed by atoms with Crippen molar-refractivity contribution in [3.8, 4) is 0 Å². The van der Waals surface area contributed by atoms with Gasteiger partial charge in [0, 0.05) is 18.4 Å². The highest BCUT2D eigenvalue weighted by Gasteiger charge is 2.19. The first-order valence-corrected chi connectivity index (χ1v) is 7.43. The number of rotatable bonds is 8. The second-order valence-corrected chi connectivity index (χ2v) is 5.86. The zero-order chi connectivity index (χ0) is 12.7. The number of ether oxygens (including phenoxy) is 1. The van der Waals surface area contributed by atoms with Crippen LogP contribution in [0.25, 0.3) is 0 Å². The second kappa shape index (κ2) is 7.95. The lowest BCUT2D eigenvalue weighted by atomic mass is 10.2. The van der Waals surface area contributed by atoms with Crippen molar-refractivity contribution in [2.45, 2.75) is 51.3 Å². The summed E-state index contributed by atoms with van der Waals surface area (Å²) in [7, 11) is 0. The molecule has 1 aliphatic heterocycles. The standard InChI is InChI=1S/C12H23NO3S/c1-9(2)13-11(12(14)15)5-7-17-8-10-4-3-6-16-10/h9-11,13H,3-8H2,1-2H3,(H,14,15). The molecule has 2 atom stereocenters. The average molecular weight is 261 g/mol. The quantitative estimate of drug-likeness (QED) is 0.652. The van der Waals surface area contributed by atoms with Crippen molar-refractivity contribution in [2.75, 3.05) is 18.1 Å². The first kappa shape index (κ1) is 14.8. The van der Waals surface area contributed by atoms with Crippen LogP contribution in [0.15, 0.2) is 0 Å². The smallest absolute Gasteiger partial charge is 0.320 e. The van der Waals surface area contributed by atoms with Crippen LogP contribution in [-0.2, 0) is 9.53 Å². The topological polar surface area (TPSA) is 58.6 Å². The molecule has 0 bridgehead atoms. The predicted molar refractivity (Wildman–Crippen MR) is 70.6 cm³/mol. The van der Waals surface area contributed by atoms with E-state index in [4.69, 9.17) is 9.84 Å². The van der Waals surface area contributed by atoms with E-state index in [1.807, 2.05) is 13.8 Å². The van der Waals surface area contributed by atoms with Crippen molar-refractivity contribution in [2.24, 2.45) is 0 Å². The summed E-state index contributed by atoms with van der Waals surface area (Å²) in [5.74, 6) is 1.11. The van der Waals surface area contributed by atoms with Crippen LogP contribution >= 0.6 is 11.8 Å². The summed E-state index contributed by atoms with van der Waals surface area (Å²) in [5.41, 5.74) is 0. The van der Waals surface area contributed by atoms with Crippen molar-refractivity contribution >= 4 is 17.7 Å². The van der Waals surface area contributed by atoms with Gasteiger partial charge in [0.2, 0.25) is 0 Å². The van der Waals surface area contributed by atoms with Crippen LogP contribution in [0.3, 0.4) is 0 Å². The maximum atomic E-state index is 11.0. The monoisotopic (exact) mass is 261 g/mol. The molecule has 0 spiro atoms. The molecular formula is C12H23NO3S. The van der Waals surface area contributed by atoms with E-state index in [0.717, 1.165) is 31.0 Å². The van der Waals surface area contributed by atoms with Crippen molar-refractivity contribution in [1.82, 2.24) is 5.32 Å². The van der Waals surface area contributed by atoms with Crippen molar-refractivity contribution in [3.05, 3.63) is 0 Å². The molecular weight excluding hydrogens is 238 g/mol. The minimum Gasteiger partial charge on any atom is -0.480 e. The molecule has 0 aliphatic carbocycles. The lowest BCUT2D eigenvalue weighted by molar-refractivity contribution is -0.139. The molecule has 1 rings (SSSR count). The maximum absolute atomic E-state index is 11.0. The van der Waals surface area contributed by atoms with E-state index in [2.05, 4.69) is 5.32 Å². The van der Waals surface area contributed by atoms with Gasteiger partial charge in [-0.2, -0.15) is 11.8 Å². The van der Waals surface area contributed by atoms with E-state index in [-0.39, 0.29) is 6.04 Å². The first-order valence-electron chi connectivity index (χ1n) is 6.27. The summed E-state index contributed by atoms with van der Waals surface area (Å²) in [5, 5.41) is 12.1. The van der Waals surface area contributed by atoms with Crippen LogP contribution in [0.5, 0.6) is 0 Å². The Morgan fingerprint density at radius 2 is 2.35 bits per heavy atom. The molecule has 0 aromatic heterocycles. The molecule has 0 aromatic rings. The summed E-state index contributed by atoms with van der Waals surface area (Å²) >= 11 is 1.80. The molecule has 100 valence electrons. The molecule has 1 heterocycles. The minimum atomic E-state index is -0.753. The van der Waals surface area contributed by atoms with Gasteiger partial charge in [0.05, 0.1) is 6.10 Å². The third-order valence-corrected chi connectivity index (χ3v) is 3.84. The van der Waals surface area contributed by atoms with Gasteiger partial charge in [0.25, 0.3) is 0 Å². The number of carboxylic acid groups (broad SMARTS) is 1. The fourth-order valence-electron chi connectivity index (χ4n) is 1.87. The van der Waals surface area contributed by atoms with Crippen LogP contribution in [0.4, 0.5) is 0 Å². The van der Waals surface area contributed by atoms with Crippen LogP contribution in [0.2, 0.25) is 0 Å². The Bertz CT molecular complexity index is 230. The number of thioether (sulfide) groups is 1. The number of nitrogens with one attached hydrogen (secondary N) is 1. The average Bonchev–Trinajstić information content (AvgIpc) is 2.74. The van der Waals surface area contributed by atoms with Crippen LogP contribution in [0, 0.1) is 0 Å². The molecule has 0 saturated carbocycles. The molecule has 5 heteroatoms. The molecule has 17 heavy (non-hydrogen) atoms. The molecule has 0 aromatic carbocycles. The molecule has 4 nitrogen and oxygen atoms in total. The number of carboxylic acids is 1. The Morgan fingerprint density at radius 1 is 1.59 bits per heavy atom. The normalized spacial score (nSPS) is 21.9. The molecule has 1 fully saturated rings. The van der Waals surface area contributed by atoms with Crippen molar-refractivity contribution in [3.63, 3.8) is 0 Å².